The molecule has 1 fully saturated rings. The molecule has 98 valence electrons. The lowest BCUT2D eigenvalue weighted by atomic mass is 10.0. The van der Waals surface area contributed by atoms with Crippen LogP contribution in [0.15, 0.2) is 18.2 Å². The topological polar surface area (TPSA) is 15.3 Å². The molecule has 18 heavy (non-hydrogen) atoms. The fourth-order valence-electron chi connectivity index (χ4n) is 2.41. The number of aryl methyl sites for hydroxylation is 2. The van der Waals surface area contributed by atoms with Crippen molar-refractivity contribution in [2.24, 2.45) is 0 Å². The number of anilines is 1. The van der Waals surface area contributed by atoms with Gasteiger partial charge in [-0.3, -0.25) is 0 Å². The van der Waals surface area contributed by atoms with Crippen molar-refractivity contribution in [1.29, 1.82) is 0 Å². The minimum absolute atomic E-state index is 0.560. The quantitative estimate of drug-likeness (QED) is 0.773. The molecule has 1 aromatic carbocycles. The molecule has 0 aliphatic carbocycles. The van der Waals surface area contributed by atoms with Crippen LogP contribution in [0.2, 0.25) is 0 Å². The SMILES string of the molecule is Cc1ccc(NC(=S)N2CCCCC2C)cc1C. The standard InChI is InChI=1S/C15H22N2S/c1-11-7-8-14(10-12(11)2)16-15(18)17-9-5-4-6-13(17)3/h7-8,10,13H,4-6,9H2,1-3H3,(H,16,18). The largest absolute Gasteiger partial charge is 0.346 e. The van der Waals surface area contributed by atoms with Crippen LogP contribution in [-0.4, -0.2) is 22.6 Å². The Hall–Kier alpha value is -1.09. The van der Waals surface area contributed by atoms with E-state index in [-0.39, 0.29) is 0 Å². The molecular formula is C15H22N2S. The smallest absolute Gasteiger partial charge is 0.173 e. The zero-order valence-corrected chi connectivity index (χ0v) is 12.3. The molecule has 0 amide bonds. The van der Waals surface area contributed by atoms with Crippen molar-refractivity contribution in [1.82, 2.24) is 4.90 Å². The summed E-state index contributed by atoms with van der Waals surface area (Å²) in [4.78, 5) is 2.31. The monoisotopic (exact) mass is 262 g/mol. The van der Waals surface area contributed by atoms with Crippen molar-refractivity contribution in [2.75, 3.05) is 11.9 Å². The van der Waals surface area contributed by atoms with E-state index in [9.17, 15) is 0 Å². The fourth-order valence-corrected chi connectivity index (χ4v) is 2.80. The summed E-state index contributed by atoms with van der Waals surface area (Å²) in [5, 5.41) is 4.23. The average molecular weight is 262 g/mol. The number of nitrogens with zero attached hydrogens (tertiary/aromatic N) is 1. The maximum atomic E-state index is 5.52. The maximum Gasteiger partial charge on any atom is 0.173 e. The Labute approximate surface area is 115 Å². The van der Waals surface area contributed by atoms with Gasteiger partial charge in [0.2, 0.25) is 0 Å². The summed E-state index contributed by atoms with van der Waals surface area (Å²) in [6.07, 6.45) is 3.82. The first-order chi connectivity index (χ1) is 8.58. The van der Waals surface area contributed by atoms with Crippen LogP contribution in [0.1, 0.15) is 37.3 Å². The first-order valence-electron chi connectivity index (χ1n) is 6.73. The predicted molar refractivity (Wildman–Crippen MR) is 82.2 cm³/mol. The molecule has 0 spiro atoms. The van der Waals surface area contributed by atoms with Crippen molar-refractivity contribution in [3.8, 4) is 0 Å². The molecule has 1 aliphatic rings. The van der Waals surface area contributed by atoms with Gasteiger partial charge in [0.1, 0.15) is 0 Å². The van der Waals surface area contributed by atoms with Gasteiger partial charge in [-0.1, -0.05) is 6.07 Å². The highest BCUT2D eigenvalue weighted by Gasteiger charge is 2.20. The van der Waals surface area contributed by atoms with E-state index in [1.807, 2.05) is 0 Å². The molecule has 1 aromatic rings. The third-order valence-corrected chi connectivity index (χ3v) is 4.16. The van der Waals surface area contributed by atoms with Gasteiger partial charge in [-0.05, 0) is 75.5 Å². The molecule has 0 aromatic heterocycles. The molecule has 1 saturated heterocycles. The van der Waals surface area contributed by atoms with E-state index in [0.717, 1.165) is 17.3 Å². The Morgan fingerprint density at radius 1 is 1.28 bits per heavy atom. The van der Waals surface area contributed by atoms with Crippen LogP contribution in [0.4, 0.5) is 5.69 Å². The van der Waals surface area contributed by atoms with Gasteiger partial charge < -0.3 is 10.2 Å². The zero-order valence-electron chi connectivity index (χ0n) is 11.5. The molecule has 2 rings (SSSR count). The number of piperidine rings is 1. The lowest BCUT2D eigenvalue weighted by Gasteiger charge is -2.35. The third kappa shape index (κ3) is 3.02. The van der Waals surface area contributed by atoms with Gasteiger partial charge in [0.25, 0.3) is 0 Å². The lowest BCUT2D eigenvalue weighted by molar-refractivity contribution is 0.262. The molecular weight excluding hydrogens is 240 g/mol. The van der Waals surface area contributed by atoms with E-state index in [4.69, 9.17) is 12.2 Å². The normalized spacial score (nSPS) is 19.7. The van der Waals surface area contributed by atoms with Gasteiger partial charge in [0.05, 0.1) is 0 Å². The number of nitrogens with one attached hydrogen (secondary N) is 1. The van der Waals surface area contributed by atoms with Crippen LogP contribution in [0, 0.1) is 13.8 Å². The molecule has 1 atom stereocenters. The third-order valence-electron chi connectivity index (χ3n) is 3.82. The van der Waals surface area contributed by atoms with Crippen molar-refractivity contribution >= 4 is 23.0 Å². The number of hydrogen-bond donors (Lipinski definition) is 1. The van der Waals surface area contributed by atoms with E-state index >= 15 is 0 Å². The minimum atomic E-state index is 0.560. The highest BCUT2D eigenvalue weighted by Crippen LogP contribution is 2.19. The summed E-state index contributed by atoms with van der Waals surface area (Å²) >= 11 is 5.52. The zero-order chi connectivity index (χ0) is 13.1. The van der Waals surface area contributed by atoms with Crippen molar-refractivity contribution in [2.45, 2.75) is 46.1 Å². The van der Waals surface area contributed by atoms with Crippen LogP contribution < -0.4 is 5.32 Å². The first-order valence-corrected chi connectivity index (χ1v) is 7.13. The Kier molecular flexibility index (Phi) is 4.23. The molecule has 1 heterocycles. The minimum Gasteiger partial charge on any atom is -0.346 e. The van der Waals surface area contributed by atoms with Gasteiger partial charge in [-0.2, -0.15) is 0 Å². The molecule has 1 unspecified atom stereocenters. The van der Waals surface area contributed by atoms with Crippen LogP contribution in [0.3, 0.4) is 0 Å². The molecule has 0 bridgehead atoms. The first kappa shape index (κ1) is 13.3. The summed E-state index contributed by atoms with van der Waals surface area (Å²) < 4.78 is 0. The number of hydrogen-bond acceptors (Lipinski definition) is 1. The molecule has 1 N–H and O–H groups in total. The Morgan fingerprint density at radius 3 is 2.72 bits per heavy atom. The second-order valence-corrected chi connectivity index (χ2v) is 5.65. The van der Waals surface area contributed by atoms with Gasteiger partial charge in [-0.15, -0.1) is 0 Å². The Morgan fingerprint density at radius 2 is 2.06 bits per heavy atom. The fraction of sp³-hybridized carbons (Fsp3) is 0.533. The molecule has 0 radical (unpaired) electrons. The number of benzene rings is 1. The van der Waals surface area contributed by atoms with Gasteiger partial charge in [-0.25, -0.2) is 0 Å². The van der Waals surface area contributed by atoms with E-state index in [1.165, 1.54) is 30.4 Å². The predicted octanol–water partition coefficient (Wildman–Crippen LogP) is 3.87. The maximum absolute atomic E-state index is 5.52. The molecule has 0 saturated carbocycles. The second-order valence-electron chi connectivity index (χ2n) is 5.27. The molecule has 1 aliphatic heterocycles. The van der Waals surface area contributed by atoms with Gasteiger partial charge in [0.15, 0.2) is 5.11 Å². The van der Waals surface area contributed by atoms with E-state index < -0.39 is 0 Å². The van der Waals surface area contributed by atoms with Crippen LogP contribution >= 0.6 is 12.2 Å². The van der Waals surface area contributed by atoms with E-state index in [0.29, 0.717) is 6.04 Å². The van der Waals surface area contributed by atoms with E-state index in [1.54, 1.807) is 0 Å². The molecule has 2 nitrogen and oxygen atoms in total. The van der Waals surface area contributed by atoms with Crippen LogP contribution in [-0.2, 0) is 0 Å². The number of thiocarbonyl (C=S) groups is 1. The number of likely N-dealkylation sites (tertiary alicyclic amines) is 1. The Bertz CT molecular complexity index is 442. The van der Waals surface area contributed by atoms with Crippen molar-refractivity contribution in [3.63, 3.8) is 0 Å². The van der Waals surface area contributed by atoms with E-state index in [2.05, 4.69) is 49.2 Å². The summed E-state index contributed by atoms with van der Waals surface area (Å²) in [7, 11) is 0. The average Bonchev–Trinajstić information content (AvgIpc) is 2.34. The van der Waals surface area contributed by atoms with Crippen LogP contribution in [0.25, 0.3) is 0 Å². The summed E-state index contributed by atoms with van der Waals surface area (Å²) in [6, 6.07) is 6.96. The van der Waals surface area contributed by atoms with Gasteiger partial charge in [0, 0.05) is 18.3 Å². The number of rotatable bonds is 1. The highest BCUT2D eigenvalue weighted by atomic mass is 32.1. The summed E-state index contributed by atoms with van der Waals surface area (Å²) in [5.41, 5.74) is 3.72. The van der Waals surface area contributed by atoms with Crippen molar-refractivity contribution < 1.29 is 0 Å². The molecule has 3 heteroatoms. The van der Waals surface area contributed by atoms with Crippen LogP contribution in [0.5, 0.6) is 0 Å². The highest BCUT2D eigenvalue weighted by molar-refractivity contribution is 7.80. The summed E-state index contributed by atoms with van der Waals surface area (Å²) in [5.74, 6) is 0. The Balaban J connectivity index is 2.04. The summed E-state index contributed by atoms with van der Waals surface area (Å²) in [6.45, 7) is 7.60. The lowest BCUT2D eigenvalue weighted by Crippen LogP contribution is -2.44. The van der Waals surface area contributed by atoms with Crippen molar-refractivity contribution in [3.05, 3.63) is 29.3 Å². The second kappa shape index (κ2) is 5.70. The van der Waals surface area contributed by atoms with Gasteiger partial charge >= 0.3 is 0 Å².